The maximum absolute atomic E-state index is 13.8. The predicted molar refractivity (Wildman–Crippen MR) is 84.5 cm³/mol. The second kappa shape index (κ2) is 5.98. The van der Waals surface area contributed by atoms with Crippen LogP contribution in [0.4, 0.5) is 4.39 Å². The fraction of sp³-hybridized carbons (Fsp3) is 0.105. The Bertz CT molecular complexity index is 805. The molecule has 0 fully saturated rings. The van der Waals surface area contributed by atoms with Gasteiger partial charge in [0.2, 0.25) is 5.78 Å². The first-order chi connectivity index (χ1) is 10.7. The molecular weight excluding hydrogens is 277 g/mol. The van der Waals surface area contributed by atoms with Gasteiger partial charge in [-0.05, 0) is 23.8 Å². The molecule has 0 spiro atoms. The number of halogens is 1. The molecule has 0 atom stereocenters. The Labute approximate surface area is 128 Å². The molecule has 1 heterocycles. The van der Waals surface area contributed by atoms with Crippen LogP contribution in [0.15, 0.2) is 66.7 Å². The van der Waals surface area contributed by atoms with E-state index >= 15 is 0 Å². The highest BCUT2D eigenvalue weighted by molar-refractivity contribution is 6.08. The first-order valence-electron chi connectivity index (χ1n) is 7.14. The van der Waals surface area contributed by atoms with Crippen LogP contribution in [0.25, 0.3) is 0 Å². The highest BCUT2D eigenvalue weighted by Gasteiger charge is 2.15. The van der Waals surface area contributed by atoms with Crippen molar-refractivity contribution in [2.45, 2.75) is 6.42 Å². The molecule has 0 amide bonds. The van der Waals surface area contributed by atoms with Gasteiger partial charge in [-0.25, -0.2) is 4.39 Å². The van der Waals surface area contributed by atoms with Crippen molar-refractivity contribution in [2.75, 3.05) is 0 Å². The normalized spacial score (nSPS) is 10.6. The first kappa shape index (κ1) is 14.3. The molecule has 2 aromatic carbocycles. The van der Waals surface area contributed by atoms with Gasteiger partial charge in [0.15, 0.2) is 0 Å². The lowest BCUT2D eigenvalue weighted by molar-refractivity contribution is 0.103. The Kier molecular flexibility index (Phi) is 3.88. The zero-order chi connectivity index (χ0) is 15.5. The third-order valence-electron chi connectivity index (χ3n) is 3.82. The van der Waals surface area contributed by atoms with Crippen LogP contribution in [-0.4, -0.2) is 10.4 Å². The van der Waals surface area contributed by atoms with Crippen molar-refractivity contribution in [1.82, 2.24) is 4.57 Å². The number of carbonyl (C=O) groups is 1. The lowest BCUT2D eigenvalue weighted by atomic mass is 10.1. The van der Waals surface area contributed by atoms with Crippen molar-refractivity contribution in [3.8, 4) is 0 Å². The first-order valence-corrected chi connectivity index (χ1v) is 7.14. The summed E-state index contributed by atoms with van der Waals surface area (Å²) < 4.78 is 15.6. The van der Waals surface area contributed by atoms with Gasteiger partial charge in [-0.2, -0.15) is 0 Å². The van der Waals surface area contributed by atoms with Crippen molar-refractivity contribution in [3.63, 3.8) is 0 Å². The number of carbonyl (C=O) groups excluding carboxylic acids is 1. The van der Waals surface area contributed by atoms with Gasteiger partial charge >= 0.3 is 0 Å². The molecule has 0 aliphatic rings. The number of rotatable bonds is 4. The summed E-state index contributed by atoms with van der Waals surface area (Å²) in [6, 6.07) is 19.5. The number of benzene rings is 2. The molecule has 3 rings (SSSR count). The van der Waals surface area contributed by atoms with E-state index in [1.165, 1.54) is 6.07 Å². The van der Waals surface area contributed by atoms with E-state index in [0.717, 1.165) is 5.69 Å². The summed E-state index contributed by atoms with van der Waals surface area (Å²) in [5.74, 6) is -0.248. The van der Waals surface area contributed by atoms with Crippen molar-refractivity contribution in [3.05, 3.63) is 95.1 Å². The van der Waals surface area contributed by atoms with Crippen LogP contribution in [0, 0.1) is 5.82 Å². The maximum Gasteiger partial charge on any atom is 0.209 e. The van der Waals surface area contributed by atoms with E-state index in [9.17, 15) is 9.18 Å². The van der Waals surface area contributed by atoms with Gasteiger partial charge in [-0.15, -0.1) is 0 Å². The molecule has 0 N–H and O–H groups in total. The Balaban J connectivity index is 1.90. The molecule has 22 heavy (non-hydrogen) atoms. The average molecular weight is 293 g/mol. The summed E-state index contributed by atoms with van der Waals surface area (Å²) in [6.45, 7) is 0. The number of hydrogen-bond acceptors (Lipinski definition) is 1. The van der Waals surface area contributed by atoms with Gasteiger partial charge < -0.3 is 4.57 Å². The number of ketones is 1. The van der Waals surface area contributed by atoms with E-state index in [1.54, 1.807) is 30.3 Å². The fourth-order valence-corrected chi connectivity index (χ4v) is 2.53. The third kappa shape index (κ3) is 2.70. The Hall–Kier alpha value is -2.68. The highest BCUT2D eigenvalue weighted by atomic mass is 19.1. The minimum atomic E-state index is -0.223. The van der Waals surface area contributed by atoms with E-state index in [-0.39, 0.29) is 11.6 Å². The summed E-state index contributed by atoms with van der Waals surface area (Å²) in [6.07, 6.45) is 0.464. The zero-order valence-electron chi connectivity index (χ0n) is 12.3. The minimum Gasteiger partial charge on any atom is -0.345 e. The number of aromatic nitrogens is 1. The van der Waals surface area contributed by atoms with Crippen LogP contribution in [0.2, 0.25) is 0 Å². The van der Waals surface area contributed by atoms with Gasteiger partial charge in [0.05, 0.1) is 5.69 Å². The van der Waals surface area contributed by atoms with Gasteiger partial charge in [-0.1, -0.05) is 48.5 Å². The van der Waals surface area contributed by atoms with Crippen molar-refractivity contribution < 1.29 is 9.18 Å². The maximum atomic E-state index is 13.8. The quantitative estimate of drug-likeness (QED) is 0.667. The van der Waals surface area contributed by atoms with E-state index in [2.05, 4.69) is 0 Å². The highest BCUT2D eigenvalue weighted by Crippen LogP contribution is 2.17. The standard InChI is InChI=1S/C19H16FNO/c1-21-16(13-15-9-5-6-10-17(15)20)11-12-18(21)19(22)14-7-3-2-4-8-14/h2-12H,13H2,1H3. The topological polar surface area (TPSA) is 22.0 Å². The molecule has 0 saturated heterocycles. The molecule has 3 heteroatoms. The molecule has 0 aliphatic heterocycles. The smallest absolute Gasteiger partial charge is 0.209 e. The summed E-state index contributed by atoms with van der Waals surface area (Å²) in [5.41, 5.74) is 2.80. The van der Waals surface area contributed by atoms with Crippen molar-refractivity contribution >= 4 is 5.78 Å². The van der Waals surface area contributed by atoms with Gasteiger partial charge in [0.25, 0.3) is 0 Å². The van der Waals surface area contributed by atoms with Crippen molar-refractivity contribution in [2.24, 2.45) is 7.05 Å². The van der Waals surface area contributed by atoms with Crippen LogP contribution in [0.1, 0.15) is 27.3 Å². The fourth-order valence-electron chi connectivity index (χ4n) is 2.53. The van der Waals surface area contributed by atoms with E-state index < -0.39 is 0 Å². The zero-order valence-corrected chi connectivity index (χ0v) is 12.3. The second-order valence-corrected chi connectivity index (χ2v) is 5.23. The number of hydrogen-bond donors (Lipinski definition) is 0. The molecule has 0 radical (unpaired) electrons. The lowest BCUT2D eigenvalue weighted by Gasteiger charge is -2.08. The van der Waals surface area contributed by atoms with E-state index in [0.29, 0.717) is 23.2 Å². The van der Waals surface area contributed by atoms with Gasteiger partial charge in [-0.3, -0.25) is 4.79 Å². The van der Waals surface area contributed by atoms with Gasteiger partial charge in [0, 0.05) is 24.7 Å². The summed E-state index contributed by atoms with van der Waals surface area (Å²) in [7, 11) is 1.84. The summed E-state index contributed by atoms with van der Waals surface area (Å²) in [4.78, 5) is 12.5. The van der Waals surface area contributed by atoms with Crippen LogP contribution >= 0.6 is 0 Å². The molecule has 0 unspecified atom stereocenters. The molecule has 1 aromatic heterocycles. The number of nitrogens with zero attached hydrogens (tertiary/aromatic N) is 1. The lowest BCUT2D eigenvalue weighted by Crippen LogP contribution is -2.09. The largest absolute Gasteiger partial charge is 0.345 e. The molecule has 3 aromatic rings. The Morgan fingerprint density at radius 2 is 1.64 bits per heavy atom. The van der Waals surface area contributed by atoms with Crippen LogP contribution in [0.5, 0.6) is 0 Å². The molecule has 0 bridgehead atoms. The summed E-state index contributed by atoms with van der Waals surface area (Å²) in [5, 5.41) is 0. The third-order valence-corrected chi connectivity index (χ3v) is 3.82. The Morgan fingerprint density at radius 3 is 2.36 bits per heavy atom. The monoisotopic (exact) mass is 293 g/mol. The molecule has 110 valence electrons. The molecule has 0 saturated carbocycles. The molecule has 2 nitrogen and oxygen atoms in total. The SMILES string of the molecule is Cn1c(Cc2ccccc2F)ccc1C(=O)c1ccccc1. The van der Waals surface area contributed by atoms with Crippen molar-refractivity contribution in [1.29, 1.82) is 0 Å². The van der Waals surface area contributed by atoms with Gasteiger partial charge in [0.1, 0.15) is 5.82 Å². The molecular formula is C19H16FNO. The second-order valence-electron chi connectivity index (χ2n) is 5.23. The van der Waals surface area contributed by atoms with E-state index in [1.807, 2.05) is 41.9 Å². The minimum absolute atomic E-state index is 0.0251. The predicted octanol–water partition coefficient (Wildman–Crippen LogP) is 3.99. The average Bonchev–Trinajstić information content (AvgIpc) is 2.91. The van der Waals surface area contributed by atoms with Crippen LogP contribution in [0.3, 0.4) is 0 Å². The van der Waals surface area contributed by atoms with Crippen LogP contribution in [-0.2, 0) is 13.5 Å². The Morgan fingerprint density at radius 1 is 0.955 bits per heavy atom. The van der Waals surface area contributed by atoms with Crippen LogP contribution < -0.4 is 0 Å². The van der Waals surface area contributed by atoms with E-state index in [4.69, 9.17) is 0 Å². The summed E-state index contributed by atoms with van der Waals surface area (Å²) >= 11 is 0. The molecule has 0 aliphatic carbocycles.